The van der Waals surface area contributed by atoms with E-state index in [9.17, 15) is 9.59 Å². The van der Waals surface area contributed by atoms with Gasteiger partial charge in [-0.1, -0.05) is 0 Å². The molecule has 0 aliphatic carbocycles. The third-order valence-electron chi connectivity index (χ3n) is 6.29. The van der Waals surface area contributed by atoms with E-state index in [2.05, 4.69) is 5.32 Å². The highest BCUT2D eigenvalue weighted by Gasteiger charge is 2.37. The highest BCUT2D eigenvalue weighted by atomic mass is 16.5. The van der Waals surface area contributed by atoms with Crippen molar-refractivity contribution in [1.82, 2.24) is 0 Å². The van der Waals surface area contributed by atoms with Crippen LogP contribution in [0.15, 0.2) is 12.1 Å². The van der Waals surface area contributed by atoms with Gasteiger partial charge in [0.15, 0.2) is 11.5 Å². The second kappa shape index (κ2) is 9.83. The number of esters is 1. The molecule has 0 aromatic heterocycles. The Morgan fingerprint density at radius 2 is 1.59 bits per heavy atom. The molecule has 184 valence electrons. The molecule has 8 heteroatoms. The fraction of sp³-hybridized carbons (Fsp3) is 0.462. The van der Waals surface area contributed by atoms with Crippen LogP contribution in [0.5, 0.6) is 28.7 Å². The largest absolute Gasteiger partial charge is 0.493 e. The number of fused-ring (bicyclic) bond motifs is 1. The van der Waals surface area contributed by atoms with Gasteiger partial charge in [-0.2, -0.15) is 0 Å². The maximum atomic E-state index is 13.0. The van der Waals surface area contributed by atoms with Gasteiger partial charge in [0.2, 0.25) is 11.7 Å². The van der Waals surface area contributed by atoms with Gasteiger partial charge in [-0.05, 0) is 57.2 Å². The molecule has 2 aromatic carbocycles. The van der Waals surface area contributed by atoms with Gasteiger partial charge >= 0.3 is 5.97 Å². The lowest BCUT2D eigenvalue weighted by atomic mass is 9.85. The van der Waals surface area contributed by atoms with Gasteiger partial charge in [0.25, 0.3) is 0 Å². The molecule has 0 fully saturated rings. The third-order valence-corrected chi connectivity index (χ3v) is 6.29. The molecule has 0 saturated heterocycles. The zero-order chi connectivity index (χ0) is 25.2. The fourth-order valence-corrected chi connectivity index (χ4v) is 4.40. The molecule has 34 heavy (non-hydrogen) atoms. The predicted octanol–water partition coefficient (Wildman–Crippen LogP) is 4.68. The number of methoxy groups -OCH3 is 3. The van der Waals surface area contributed by atoms with E-state index in [4.69, 9.17) is 23.7 Å². The lowest BCUT2D eigenvalue weighted by Gasteiger charge is -2.37. The lowest BCUT2D eigenvalue weighted by molar-refractivity contribution is -0.132. The first-order chi connectivity index (χ1) is 16.0. The Kier molecular flexibility index (Phi) is 7.29. The molecule has 1 atom stereocenters. The van der Waals surface area contributed by atoms with Crippen LogP contribution in [0.4, 0.5) is 5.69 Å². The summed E-state index contributed by atoms with van der Waals surface area (Å²) in [6, 6.07) is 3.37. The number of nitrogens with one attached hydrogen (secondary N) is 1. The van der Waals surface area contributed by atoms with Crippen LogP contribution in [0.2, 0.25) is 0 Å². The minimum Gasteiger partial charge on any atom is -0.493 e. The average molecular weight is 472 g/mol. The van der Waals surface area contributed by atoms with Crippen LogP contribution in [-0.2, 0) is 16.0 Å². The quantitative estimate of drug-likeness (QED) is 0.463. The molecule has 0 saturated carbocycles. The molecule has 3 rings (SSSR count). The van der Waals surface area contributed by atoms with Crippen molar-refractivity contribution in [3.63, 3.8) is 0 Å². The van der Waals surface area contributed by atoms with Gasteiger partial charge < -0.3 is 29.0 Å². The molecule has 1 aliphatic heterocycles. The number of hydrogen-bond acceptors (Lipinski definition) is 7. The Balaban J connectivity index is 1.82. The molecular weight excluding hydrogens is 438 g/mol. The Bertz CT molecular complexity index is 1100. The molecule has 8 nitrogen and oxygen atoms in total. The molecular formula is C26H33NO7. The van der Waals surface area contributed by atoms with Gasteiger partial charge in [-0.3, -0.25) is 9.59 Å². The highest BCUT2D eigenvalue weighted by Crippen LogP contribution is 2.45. The number of carbonyl (C=O) groups is 2. The zero-order valence-electron chi connectivity index (χ0n) is 21.1. The number of amides is 1. The standard InChI is InChI=1S/C26H33NO7/c1-14-15(2)24-19(16(3)23(14)33-17(4)28)9-10-26(5,34-24)13-22(29)27-18-11-20(30-6)25(32-8)21(12-18)31-7/h11-12H,9-10,13H2,1-8H3,(H,27,29). The molecule has 0 bridgehead atoms. The Labute approximate surface area is 200 Å². The smallest absolute Gasteiger partial charge is 0.308 e. The predicted molar refractivity (Wildman–Crippen MR) is 129 cm³/mol. The van der Waals surface area contributed by atoms with Gasteiger partial charge in [-0.25, -0.2) is 0 Å². The van der Waals surface area contributed by atoms with E-state index in [1.165, 1.54) is 28.3 Å². The summed E-state index contributed by atoms with van der Waals surface area (Å²) in [5.74, 6) is 2.18. The van der Waals surface area contributed by atoms with Crippen LogP contribution in [-0.4, -0.2) is 38.8 Å². The van der Waals surface area contributed by atoms with Crippen LogP contribution in [0.25, 0.3) is 0 Å². The van der Waals surface area contributed by atoms with Gasteiger partial charge in [0.1, 0.15) is 17.1 Å². The summed E-state index contributed by atoms with van der Waals surface area (Å²) in [5.41, 5.74) is 3.53. The molecule has 1 N–H and O–H groups in total. The molecule has 1 unspecified atom stereocenters. The maximum absolute atomic E-state index is 13.0. The number of anilines is 1. The topological polar surface area (TPSA) is 92.3 Å². The van der Waals surface area contributed by atoms with Crippen LogP contribution >= 0.6 is 0 Å². The van der Waals surface area contributed by atoms with E-state index in [0.717, 1.165) is 28.0 Å². The number of ether oxygens (including phenoxy) is 5. The van der Waals surface area contributed by atoms with E-state index in [1.807, 2.05) is 27.7 Å². The first-order valence-electron chi connectivity index (χ1n) is 11.1. The van der Waals surface area contributed by atoms with Crippen molar-refractivity contribution in [2.75, 3.05) is 26.6 Å². The summed E-state index contributed by atoms with van der Waals surface area (Å²) < 4.78 is 28.0. The van der Waals surface area contributed by atoms with Crippen LogP contribution in [0.1, 0.15) is 48.9 Å². The molecule has 0 radical (unpaired) electrons. The van der Waals surface area contributed by atoms with E-state index < -0.39 is 5.60 Å². The molecule has 0 spiro atoms. The van der Waals surface area contributed by atoms with Crippen molar-refractivity contribution in [1.29, 1.82) is 0 Å². The number of carbonyl (C=O) groups excluding carboxylic acids is 2. The third kappa shape index (κ3) is 4.90. The number of rotatable bonds is 7. The van der Waals surface area contributed by atoms with Crippen molar-refractivity contribution in [3.8, 4) is 28.7 Å². The zero-order valence-corrected chi connectivity index (χ0v) is 21.1. The Morgan fingerprint density at radius 1 is 0.971 bits per heavy atom. The van der Waals surface area contributed by atoms with Crippen molar-refractivity contribution < 1.29 is 33.3 Å². The lowest BCUT2D eigenvalue weighted by Crippen LogP contribution is -2.40. The van der Waals surface area contributed by atoms with E-state index in [1.54, 1.807) is 12.1 Å². The summed E-state index contributed by atoms with van der Waals surface area (Å²) >= 11 is 0. The second-order valence-electron chi connectivity index (χ2n) is 8.80. The SMILES string of the molecule is COc1cc(NC(=O)CC2(C)CCc3c(C)c(OC(C)=O)c(C)c(C)c3O2)cc(OC)c1OC. The van der Waals surface area contributed by atoms with Crippen molar-refractivity contribution in [2.45, 2.75) is 59.5 Å². The molecule has 1 heterocycles. The van der Waals surface area contributed by atoms with Gasteiger partial charge in [0.05, 0.1) is 27.8 Å². The average Bonchev–Trinajstić information content (AvgIpc) is 2.79. The Morgan fingerprint density at radius 3 is 2.12 bits per heavy atom. The summed E-state index contributed by atoms with van der Waals surface area (Å²) in [6.45, 7) is 9.13. The monoisotopic (exact) mass is 471 g/mol. The number of hydrogen-bond donors (Lipinski definition) is 1. The molecule has 1 amide bonds. The molecule has 1 aliphatic rings. The van der Waals surface area contributed by atoms with Gasteiger partial charge in [0, 0.05) is 30.3 Å². The highest BCUT2D eigenvalue weighted by molar-refractivity contribution is 5.92. The van der Waals surface area contributed by atoms with Crippen LogP contribution in [0, 0.1) is 20.8 Å². The summed E-state index contributed by atoms with van der Waals surface area (Å²) in [4.78, 5) is 24.6. The Hall–Kier alpha value is -3.42. The maximum Gasteiger partial charge on any atom is 0.308 e. The molecule has 2 aromatic rings. The normalized spacial score (nSPS) is 16.7. The van der Waals surface area contributed by atoms with Crippen molar-refractivity contribution in [2.24, 2.45) is 0 Å². The summed E-state index contributed by atoms with van der Waals surface area (Å²) in [5, 5.41) is 2.92. The van der Waals surface area contributed by atoms with E-state index in [-0.39, 0.29) is 18.3 Å². The fourth-order valence-electron chi connectivity index (χ4n) is 4.40. The summed E-state index contributed by atoms with van der Waals surface area (Å²) in [6.07, 6.45) is 1.52. The van der Waals surface area contributed by atoms with Crippen molar-refractivity contribution >= 4 is 17.6 Å². The van der Waals surface area contributed by atoms with E-state index >= 15 is 0 Å². The minimum atomic E-state index is -0.690. The second-order valence-corrected chi connectivity index (χ2v) is 8.80. The minimum absolute atomic E-state index is 0.159. The first-order valence-corrected chi connectivity index (χ1v) is 11.1. The van der Waals surface area contributed by atoms with E-state index in [0.29, 0.717) is 41.5 Å². The first kappa shape index (κ1) is 25.2. The van der Waals surface area contributed by atoms with Crippen molar-refractivity contribution in [3.05, 3.63) is 34.4 Å². The summed E-state index contributed by atoms with van der Waals surface area (Å²) in [7, 11) is 4.57. The van der Waals surface area contributed by atoms with Crippen LogP contribution < -0.4 is 29.0 Å². The van der Waals surface area contributed by atoms with Gasteiger partial charge in [-0.15, -0.1) is 0 Å². The number of benzene rings is 2. The van der Waals surface area contributed by atoms with Crippen LogP contribution in [0.3, 0.4) is 0 Å².